The molecule has 0 saturated heterocycles. The van der Waals surface area contributed by atoms with Gasteiger partial charge in [0.05, 0.1) is 0 Å². The summed E-state index contributed by atoms with van der Waals surface area (Å²) in [6.45, 7) is 9.32. The molecule has 0 bridgehead atoms. The quantitative estimate of drug-likeness (QED) is 0.636. The lowest BCUT2D eigenvalue weighted by molar-refractivity contribution is 1.27. The van der Waals surface area contributed by atoms with Crippen molar-refractivity contribution in [2.75, 3.05) is 0 Å². The summed E-state index contributed by atoms with van der Waals surface area (Å²) in [5.74, 6) is 0. The molecule has 0 amide bonds. The first-order chi connectivity index (χ1) is 4.95. The monoisotopic (exact) mass is 171 g/mol. The maximum atomic E-state index is 5.73. The van der Waals surface area contributed by atoms with E-state index >= 15 is 0 Å². The van der Waals surface area contributed by atoms with E-state index in [4.69, 9.17) is 17.3 Å². The van der Waals surface area contributed by atoms with Crippen LogP contribution in [0.4, 0.5) is 0 Å². The Morgan fingerprint density at radius 1 is 1.36 bits per heavy atom. The standard InChI is InChI=1S/C9H14ClN/c1-6(2)9(11)5-7(3)8(4)10/h5H,1,11H2,2-4H3/b8-7+,9-5+. The molecule has 2 heteroatoms. The van der Waals surface area contributed by atoms with Crippen LogP contribution in [0.1, 0.15) is 20.8 Å². The van der Waals surface area contributed by atoms with Crippen LogP contribution in [-0.2, 0) is 0 Å². The van der Waals surface area contributed by atoms with E-state index in [1.54, 1.807) is 0 Å². The van der Waals surface area contributed by atoms with Crippen molar-refractivity contribution < 1.29 is 0 Å². The van der Waals surface area contributed by atoms with Crippen molar-refractivity contribution in [3.63, 3.8) is 0 Å². The van der Waals surface area contributed by atoms with E-state index < -0.39 is 0 Å². The Morgan fingerprint density at radius 2 is 1.82 bits per heavy atom. The fourth-order valence-corrected chi connectivity index (χ4v) is 0.510. The van der Waals surface area contributed by atoms with E-state index in [1.807, 2.05) is 26.8 Å². The highest BCUT2D eigenvalue weighted by molar-refractivity contribution is 6.29. The molecule has 0 heterocycles. The van der Waals surface area contributed by atoms with Crippen LogP contribution in [-0.4, -0.2) is 0 Å². The van der Waals surface area contributed by atoms with Crippen molar-refractivity contribution in [1.29, 1.82) is 0 Å². The van der Waals surface area contributed by atoms with Gasteiger partial charge in [-0.1, -0.05) is 18.2 Å². The topological polar surface area (TPSA) is 26.0 Å². The van der Waals surface area contributed by atoms with Gasteiger partial charge in [-0.15, -0.1) is 0 Å². The zero-order valence-electron chi connectivity index (χ0n) is 7.24. The molecule has 0 unspecified atom stereocenters. The molecule has 0 spiro atoms. The van der Waals surface area contributed by atoms with Gasteiger partial charge < -0.3 is 5.73 Å². The highest BCUT2D eigenvalue weighted by Gasteiger charge is 1.92. The predicted octanol–water partition coefficient (Wildman–Crippen LogP) is 2.94. The van der Waals surface area contributed by atoms with Crippen LogP contribution in [0.2, 0.25) is 0 Å². The van der Waals surface area contributed by atoms with Crippen molar-refractivity contribution in [3.8, 4) is 0 Å². The fraction of sp³-hybridized carbons (Fsp3) is 0.333. The summed E-state index contributed by atoms with van der Waals surface area (Å²) < 4.78 is 0. The van der Waals surface area contributed by atoms with Crippen LogP contribution in [0.5, 0.6) is 0 Å². The summed E-state index contributed by atoms with van der Waals surface area (Å²) in [4.78, 5) is 0. The maximum Gasteiger partial charge on any atom is 0.0340 e. The van der Waals surface area contributed by atoms with Gasteiger partial charge in [0.15, 0.2) is 0 Å². The molecule has 0 aliphatic carbocycles. The van der Waals surface area contributed by atoms with Crippen LogP contribution in [0.25, 0.3) is 0 Å². The molecule has 0 aliphatic heterocycles. The number of hydrogen-bond donors (Lipinski definition) is 1. The Bertz CT molecular complexity index is 220. The first-order valence-electron chi connectivity index (χ1n) is 3.41. The maximum absolute atomic E-state index is 5.73. The van der Waals surface area contributed by atoms with Gasteiger partial charge >= 0.3 is 0 Å². The minimum absolute atomic E-state index is 0.683. The normalized spacial score (nSPS) is 14.4. The van der Waals surface area contributed by atoms with Crippen molar-refractivity contribution in [2.24, 2.45) is 5.73 Å². The SMILES string of the molecule is C=C(C)/C(N)=C\C(C)=C(/C)Cl. The van der Waals surface area contributed by atoms with Crippen molar-refractivity contribution in [3.05, 3.63) is 34.5 Å². The van der Waals surface area contributed by atoms with E-state index in [-0.39, 0.29) is 0 Å². The molecule has 0 radical (unpaired) electrons. The van der Waals surface area contributed by atoms with E-state index in [0.29, 0.717) is 5.70 Å². The second-order valence-electron chi connectivity index (χ2n) is 2.60. The average molecular weight is 172 g/mol. The number of rotatable bonds is 2. The Labute approximate surface area is 73.2 Å². The van der Waals surface area contributed by atoms with Crippen molar-refractivity contribution in [2.45, 2.75) is 20.8 Å². The van der Waals surface area contributed by atoms with Crippen molar-refractivity contribution in [1.82, 2.24) is 0 Å². The lowest BCUT2D eigenvalue weighted by Gasteiger charge is -1.99. The van der Waals surface area contributed by atoms with Crippen LogP contribution >= 0.6 is 11.6 Å². The molecule has 0 aromatic heterocycles. The predicted molar refractivity (Wildman–Crippen MR) is 51.3 cm³/mol. The van der Waals surface area contributed by atoms with Gasteiger partial charge in [-0.25, -0.2) is 0 Å². The summed E-state index contributed by atoms with van der Waals surface area (Å²) in [6.07, 6.45) is 1.82. The Balaban J connectivity index is 4.58. The first-order valence-corrected chi connectivity index (χ1v) is 3.79. The van der Waals surface area contributed by atoms with E-state index in [0.717, 1.165) is 16.2 Å². The minimum Gasteiger partial charge on any atom is -0.399 e. The second kappa shape index (κ2) is 4.24. The summed E-state index contributed by atoms with van der Waals surface area (Å²) in [6, 6.07) is 0. The van der Waals surface area contributed by atoms with Gasteiger partial charge in [-0.3, -0.25) is 0 Å². The van der Waals surface area contributed by atoms with Gasteiger partial charge in [-0.05, 0) is 38.0 Å². The van der Waals surface area contributed by atoms with Crippen LogP contribution in [0.15, 0.2) is 34.5 Å². The summed E-state index contributed by atoms with van der Waals surface area (Å²) >= 11 is 5.73. The molecule has 1 nitrogen and oxygen atoms in total. The third kappa shape index (κ3) is 3.89. The van der Waals surface area contributed by atoms with Gasteiger partial charge in [0.1, 0.15) is 0 Å². The number of hydrogen-bond acceptors (Lipinski definition) is 1. The highest BCUT2D eigenvalue weighted by Crippen LogP contribution is 2.11. The van der Waals surface area contributed by atoms with Crippen LogP contribution in [0, 0.1) is 0 Å². The molecule has 0 rings (SSSR count). The molecule has 2 N–H and O–H groups in total. The Morgan fingerprint density at radius 3 is 2.09 bits per heavy atom. The zero-order valence-corrected chi connectivity index (χ0v) is 8.00. The molecule has 0 fully saturated rings. The van der Waals surface area contributed by atoms with Gasteiger partial charge in [-0.2, -0.15) is 0 Å². The zero-order chi connectivity index (χ0) is 9.02. The molecule has 11 heavy (non-hydrogen) atoms. The Hall–Kier alpha value is -0.690. The van der Waals surface area contributed by atoms with Crippen LogP contribution < -0.4 is 5.73 Å². The molecule has 0 saturated carbocycles. The smallest absolute Gasteiger partial charge is 0.0340 e. The Kier molecular flexibility index (Phi) is 3.98. The summed E-state index contributed by atoms with van der Waals surface area (Å²) in [5.41, 5.74) is 8.15. The number of allylic oxidation sites excluding steroid dienone is 4. The molecule has 0 aliphatic rings. The van der Waals surface area contributed by atoms with E-state index in [2.05, 4.69) is 6.58 Å². The summed E-state index contributed by atoms with van der Waals surface area (Å²) in [5, 5.41) is 0.759. The molecular weight excluding hydrogens is 158 g/mol. The van der Waals surface area contributed by atoms with Gasteiger partial charge in [0, 0.05) is 10.7 Å². The summed E-state index contributed by atoms with van der Waals surface area (Å²) in [7, 11) is 0. The first kappa shape index (κ1) is 10.3. The molecular formula is C9H14ClN. The van der Waals surface area contributed by atoms with Gasteiger partial charge in [0.2, 0.25) is 0 Å². The second-order valence-corrected chi connectivity index (χ2v) is 3.16. The molecule has 0 aromatic carbocycles. The lowest BCUT2D eigenvalue weighted by atomic mass is 10.2. The lowest BCUT2D eigenvalue weighted by Crippen LogP contribution is -1.97. The highest BCUT2D eigenvalue weighted by atomic mass is 35.5. The average Bonchev–Trinajstić information content (AvgIpc) is 1.87. The van der Waals surface area contributed by atoms with Crippen molar-refractivity contribution >= 4 is 11.6 Å². The van der Waals surface area contributed by atoms with E-state index in [1.165, 1.54) is 0 Å². The molecule has 62 valence electrons. The molecule has 0 atom stereocenters. The number of nitrogens with two attached hydrogens (primary N) is 1. The third-order valence-corrected chi connectivity index (χ3v) is 1.71. The fourth-order valence-electron chi connectivity index (χ4n) is 0.456. The third-order valence-electron chi connectivity index (χ3n) is 1.41. The van der Waals surface area contributed by atoms with Gasteiger partial charge in [0.25, 0.3) is 0 Å². The van der Waals surface area contributed by atoms with Crippen LogP contribution in [0.3, 0.4) is 0 Å². The van der Waals surface area contributed by atoms with E-state index in [9.17, 15) is 0 Å². The largest absolute Gasteiger partial charge is 0.399 e. The molecule has 0 aromatic rings. The minimum atomic E-state index is 0.683. The number of halogens is 1.